The molecule has 2 aromatic rings. The summed E-state index contributed by atoms with van der Waals surface area (Å²) in [6, 6.07) is 7.83. The minimum absolute atomic E-state index is 0.0277. The van der Waals surface area contributed by atoms with Crippen LogP contribution in [0.4, 0.5) is 20.6 Å². The molecule has 0 radical (unpaired) electrons. The summed E-state index contributed by atoms with van der Waals surface area (Å²) in [4.78, 5) is 40.8. The van der Waals surface area contributed by atoms with Crippen LogP contribution >= 0.6 is 11.6 Å². The predicted octanol–water partition coefficient (Wildman–Crippen LogP) is 4.87. The zero-order valence-corrected chi connectivity index (χ0v) is 19.0. The number of benzene rings is 2. The fourth-order valence-corrected chi connectivity index (χ4v) is 4.59. The van der Waals surface area contributed by atoms with Crippen LogP contribution in [0.3, 0.4) is 0 Å². The molecule has 166 valence electrons. The Bertz CT molecular complexity index is 1190. The Labute approximate surface area is 190 Å². The van der Waals surface area contributed by atoms with Gasteiger partial charge >= 0.3 is 6.03 Å². The number of hydrogen-bond acceptors (Lipinski definition) is 4. The van der Waals surface area contributed by atoms with Crippen molar-refractivity contribution < 1.29 is 18.8 Å². The molecule has 0 aliphatic carbocycles. The molecule has 0 saturated carbocycles. The van der Waals surface area contributed by atoms with Gasteiger partial charge in [0.15, 0.2) is 0 Å². The summed E-state index contributed by atoms with van der Waals surface area (Å²) in [6.07, 6.45) is 2.31. The third-order valence-electron chi connectivity index (χ3n) is 6.22. The van der Waals surface area contributed by atoms with Crippen molar-refractivity contribution in [1.82, 2.24) is 5.32 Å². The highest BCUT2D eigenvalue weighted by molar-refractivity contribution is 6.40. The van der Waals surface area contributed by atoms with Crippen molar-refractivity contribution >= 4 is 46.9 Å². The average molecular weight is 456 g/mol. The van der Waals surface area contributed by atoms with Gasteiger partial charge in [-0.05, 0) is 73.7 Å². The summed E-state index contributed by atoms with van der Waals surface area (Å²) in [5, 5.41) is 2.52. The van der Waals surface area contributed by atoms with Gasteiger partial charge in [-0.1, -0.05) is 24.6 Å². The highest BCUT2D eigenvalue weighted by Gasteiger charge is 2.38. The topological polar surface area (TPSA) is 69.7 Å². The van der Waals surface area contributed by atoms with E-state index in [-0.39, 0.29) is 22.7 Å². The number of barbiturate groups is 1. The van der Waals surface area contributed by atoms with Gasteiger partial charge in [-0.25, -0.2) is 14.1 Å². The van der Waals surface area contributed by atoms with Gasteiger partial charge in [0.05, 0.1) is 5.69 Å². The van der Waals surface area contributed by atoms with Gasteiger partial charge in [-0.15, -0.1) is 0 Å². The van der Waals surface area contributed by atoms with Crippen molar-refractivity contribution in [2.75, 3.05) is 16.8 Å². The lowest BCUT2D eigenvalue weighted by molar-refractivity contribution is -0.122. The molecule has 1 N–H and O–H groups in total. The van der Waals surface area contributed by atoms with Crippen molar-refractivity contribution in [2.45, 2.75) is 38.6 Å². The molecule has 6 nitrogen and oxygen atoms in total. The third kappa shape index (κ3) is 3.66. The molecule has 1 fully saturated rings. The number of nitrogens with one attached hydrogen (secondary N) is 1. The van der Waals surface area contributed by atoms with Crippen LogP contribution < -0.4 is 15.1 Å². The number of amides is 4. The van der Waals surface area contributed by atoms with Crippen molar-refractivity contribution in [1.29, 1.82) is 0 Å². The smallest absolute Gasteiger partial charge is 0.335 e. The van der Waals surface area contributed by atoms with E-state index in [1.807, 2.05) is 19.2 Å². The highest BCUT2D eigenvalue weighted by Crippen LogP contribution is 2.44. The number of rotatable bonds is 2. The van der Waals surface area contributed by atoms with Crippen molar-refractivity contribution in [2.24, 2.45) is 0 Å². The van der Waals surface area contributed by atoms with E-state index < -0.39 is 23.7 Å². The Morgan fingerprint density at radius 3 is 2.59 bits per heavy atom. The molecule has 0 bridgehead atoms. The standard InChI is InChI=1S/C24H23ClFN3O3/c1-13-12-24(2,3)28(4)20-11-19(25)14(8-17(13)20)9-18-21(30)27-23(32)29(22(18)31)16-7-5-6-15(26)10-16/h5-11,13H,12H2,1-4H3,(H,27,30,32)/b18-9-. The molecule has 2 aromatic carbocycles. The molecular weight excluding hydrogens is 433 g/mol. The van der Waals surface area contributed by atoms with Gasteiger partial charge in [-0.3, -0.25) is 14.9 Å². The number of anilines is 2. The maximum atomic E-state index is 13.7. The molecule has 8 heteroatoms. The van der Waals surface area contributed by atoms with Crippen LogP contribution in [-0.4, -0.2) is 30.4 Å². The van der Waals surface area contributed by atoms with Crippen molar-refractivity contribution in [3.63, 3.8) is 0 Å². The Kier molecular flexibility index (Phi) is 5.33. The second kappa shape index (κ2) is 7.74. The molecule has 0 spiro atoms. The summed E-state index contributed by atoms with van der Waals surface area (Å²) in [6.45, 7) is 6.46. The number of halogens is 2. The average Bonchev–Trinajstić information content (AvgIpc) is 2.69. The first-order valence-corrected chi connectivity index (χ1v) is 10.6. The van der Waals surface area contributed by atoms with Gasteiger partial charge in [0.2, 0.25) is 0 Å². The molecule has 1 saturated heterocycles. The summed E-state index contributed by atoms with van der Waals surface area (Å²) < 4.78 is 13.7. The molecule has 2 aliphatic rings. The largest absolute Gasteiger partial charge is 0.369 e. The molecular formula is C24H23ClFN3O3. The Morgan fingerprint density at radius 1 is 1.19 bits per heavy atom. The zero-order chi connectivity index (χ0) is 23.4. The van der Waals surface area contributed by atoms with E-state index in [9.17, 15) is 18.8 Å². The van der Waals surface area contributed by atoms with Crippen molar-refractivity contribution in [3.8, 4) is 0 Å². The van der Waals surface area contributed by atoms with E-state index in [0.29, 0.717) is 10.6 Å². The SMILES string of the molecule is CC1CC(C)(C)N(C)c2cc(Cl)c(/C=C3/C(=O)NC(=O)N(c4cccc(F)c4)C3=O)cc21. The van der Waals surface area contributed by atoms with Crippen LogP contribution in [0.1, 0.15) is 44.2 Å². The van der Waals surface area contributed by atoms with Crippen LogP contribution in [0.15, 0.2) is 42.0 Å². The third-order valence-corrected chi connectivity index (χ3v) is 6.55. The summed E-state index contributed by atoms with van der Waals surface area (Å²) in [5.74, 6) is -2.03. The number of carbonyl (C=O) groups is 3. The van der Waals surface area contributed by atoms with Gasteiger partial charge < -0.3 is 4.90 Å². The Balaban J connectivity index is 1.78. The molecule has 1 unspecified atom stereocenters. The molecule has 1 atom stereocenters. The second-order valence-electron chi connectivity index (χ2n) is 8.85. The fourth-order valence-electron chi connectivity index (χ4n) is 4.38. The maximum absolute atomic E-state index is 13.7. The van der Waals surface area contributed by atoms with E-state index in [2.05, 4.69) is 31.0 Å². The molecule has 2 aliphatic heterocycles. The van der Waals surface area contributed by atoms with Crippen molar-refractivity contribution in [3.05, 3.63) is 63.9 Å². The maximum Gasteiger partial charge on any atom is 0.335 e. The number of nitrogens with zero attached hydrogens (tertiary/aromatic N) is 2. The highest BCUT2D eigenvalue weighted by atomic mass is 35.5. The van der Waals surface area contributed by atoms with E-state index >= 15 is 0 Å². The molecule has 2 heterocycles. The van der Waals surface area contributed by atoms with Gasteiger partial charge in [0.1, 0.15) is 11.4 Å². The molecule has 4 amide bonds. The number of carbonyl (C=O) groups excluding carboxylic acids is 3. The lowest BCUT2D eigenvalue weighted by Crippen LogP contribution is -2.54. The molecule has 0 aromatic heterocycles. The number of urea groups is 1. The van der Waals surface area contributed by atoms with Crippen LogP contribution in [0, 0.1) is 5.82 Å². The van der Waals surface area contributed by atoms with Gasteiger partial charge in [0.25, 0.3) is 11.8 Å². The predicted molar refractivity (Wildman–Crippen MR) is 122 cm³/mol. The first-order valence-electron chi connectivity index (χ1n) is 10.2. The summed E-state index contributed by atoms with van der Waals surface area (Å²) in [5.41, 5.74) is 2.28. The quantitative estimate of drug-likeness (QED) is 0.518. The number of imide groups is 2. The minimum atomic E-state index is -0.934. The Morgan fingerprint density at radius 2 is 1.91 bits per heavy atom. The first kappa shape index (κ1) is 22.0. The molecule has 32 heavy (non-hydrogen) atoms. The van der Waals surface area contributed by atoms with Gasteiger partial charge in [-0.2, -0.15) is 0 Å². The second-order valence-corrected chi connectivity index (χ2v) is 9.25. The number of fused-ring (bicyclic) bond motifs is 1. The Hall–Kier alpha value is -3.19. The van der Waals surface area contributed by atoms with E-state index in [1.165, 1.54) is 24.3 Å². The van der Waals surface area contributed by atoms with E-state index in [1.54, 1.807) is 0 Å². The normalized spacial score (nSPS) is 21.6. The summed E-state index contributed by atoms with van der Waals surface area (Å²) >= 11 is 6.54. The lowest BCUT2D eigenvalue weighted by atomic mass is 9.80. The van der Waals surface area contributed by atoms with Gasteiger partial charge in [0, 0.05) is 23.3 Å². The number of hydrogen-bond donors (Lipinski definition) is 1. The van der Waals surface area contributed by atoms with E-state index in [0.717, 1.165) is 28.6 Å². The monoisotopic (exact) mass is 455 g/mol. The first-order chi connectivity index (χ1) is 15.0. The molecule has 4 rings (SSSR count). The van der Waals surface area contributed by atoms with Crippen LogP contribution in [0.5, 0.6) is 0 Å². The summed E-state index contributed by atoms with van der Waals surface area (Å²) in [7, 11) is 2.01. The van der Waals surface area contributed by atoms with Crippen LogP contribution in [0.25, 0.3) is 6.08 Å². The lowest BCUT2D eigenvalue weighted by Gasteiger charge is -2.45. The minimum Gasteiger partial charge on any atom is -0.369 e. The zero-order valence-electron chi connectivity index (χ0n) is 18.2. The van der Waals surface area contributed by atoms with Crippen LogP contribution in [-0.2, 0) is 9.59 Å². The fraction of sp³-hybridized carbons (Fsp3) is 0.292. The van der Waals surface area contributed by atoms with E-state index in [4.69, 9.17) is 11.6 Å². The van der Waals surface area contributed by atoms with Crippen LogP contribution in [0.2, 0.25) is 5.02 Å².